The molecule has 0 heterocycles. The first kappa shape index (κ1) is 11.9. The molecule has 3 N–H and O–H groups in total. The summed E-state index contributed by atoms with van der Waals surface area (Å²) in [5.74, 6) is 2.61. The fourth-order valence-corrected chi connectivity index (χ4v) is 2.39. The van der Waals surface area contributed by atoms with Gasteiger partial charge in [-0.25, -0.2) is 0 Å². The third-order valence-corrected chi connectivity index (χ3v) is 4.17. The van der Waals surface area contributed by atoms with E-state index in [0.29, 0.717) is 0 Å². The molecular formula is C13H24N2O. The highest BCUT2D eigenvalue weighted by Crippen LogP contribution is 2.48. The van der Waals surface area contributed by atoms with Crippen LogP contribution in [0.3, 0.4) is 0 Å². The number of hydrogen-bond donors (Lipinski definition) is 2. The quantitative estimate of drug-likeness (QED) is 0.718. The summed E-state index contributed by atoms with van der Waals surface area (Å²) in [5, 5.41) is 3.09. The van der Waals surface area contributed by atoms with Gasteiger partial charge in [-0.3, -0.25) is 4.79 Å². The van der Waals surface area contributed by atoms with Crippen molar-refractivity contribution in [2.45, 2.75) is 45.6 Å². The largest absolute Gasteiger partial charge is 0.356 e. The van der Waals surface area contributed by atoms with Crippen molar-refractivity contribution in [3.8, 4) is 0 Å². The molecule has 1 amide bonds. The average Bonchev–Trinajstić information content (AvgIpc) is 3.09. The monoisotopic (exact) mass is 224 g/mol. The Kier molecular flexibility index (Phi) is 3.53. The summed E-state index contributed by atoms with van der Waals surface area (Å²) in [4.78, 5) is 11.8. The molecule has 0 radical (unpaired) electrons. The Balaban J connectivity index is 1.74. The maximum Gasteiger partial charge on any atom is 0.224 e. The molecule has 0 aromatic heterocycles. The first-order valence-corrected chi connectivity index (χ1v) is 6.63. The summed E-state index contributed by atoms with van der Waals surface area (Å²) in [5.41, 5.74) is 5.73. The predicted octanol–water partition coefficient (Wildman–Crippen LogP) is 1.52. The van der Waals surface area contributed by atoms with E-state index in [-0.39, 0.29) is 17.9 Å². The van der Waals surface area contributed by atoms with Crippen LogP contribution in [0.25, 0.3) is 0 Å². The highest BCUT2D eigenvalue weighted by atomic mass is 16.1. The minimum Gasteiger partial charge on any atom is -0.356 e. The van der Waals surface area contributed by atoms with E-state index >= 15 is 0 Å². The van der Waals surface area contributed by atoms with Crippen molar-refractivity contribution in [3.05, 3.63) is 0 Å². The molecule has 3 nitrogen and oxygen atoms in total. The Bertz CT molecular complexity index is 245. The van der Waals surface area contributed by atoms with E-state index in [1.54, 1.807) is 0 Å². The predicted molar refractivity (Wildman–Crippen MR) is 64.8 cm³/mol. The summed E-state index contributed by atoms with van der Waals surface area (Å²) < 4.78 is 0. The Morgan fingerprint density at radius 1 is 1.25 bits per heavy atom. The van der Waals surface area contributed by atoms with Gasteiger partial charge in [0.05, 0.1) is 0 Å². The van der Waals surface area contributed by atoms with Crippen LogP contribution in [0.5, 0.6) is 0 Å². The summed E-state index contributed by atoms with van der Waals surface area (Å²) in [6.07, 6.45) is 5.50. The van der Waals surface area contributed by atoms with Gasteiger partial charge in [0.1, 0.15) is 0 Å². The van der Waals surface area contributed by atoms with Crippen LogP contribution in [0.4, 0.5) is 0 Å². The maximum absolute atomic E-state index is 11.8. The lowest BCUT2D eigenvalue weighted by molar-refractivity contribution is -0.125. The summed E-state index contributed by atoms with van der Waals surface area (Å²) in [6.45, 7) is 4.68. The van der Waals surface area contributed by atoms with Crippen LogP contribution in [0.15, 0.2) is 0 Å². The molecule has 2 saturated carbocycles. The minimum atomic E-state index is -0.0703. The number of hydrogen-bond acceptors (Lipinski definition) is 2. The van der Waals surface area contributed by atoms with Gasteiger partial charge in [0.2, 0.25) is 5.91 Å². The molecule has 0 spiro atoms. The zero-order chi connectivity index (χ0) is 11.7. The van der Waals surface area contributed by atoms with Crippen LogP contribution >= 0.6 is 0 Å². The lowest BCUT2D eigenvalue weighted by atomic mass is 9.97. The van der Waals surface area contributed by atoms with E-state index < -0.39 is 0 Å². The zero-order valence-electron chi connectivity index (χ0n) is 10.4. The molecule has 16 heavy (non-hydrogen) atoms. The molecule has 2 fully saturated rings. The summed E-state index contributed by atoms with van der Waals surface area (Å²) >= 11 is 0. The minimum absolute atomic E-state index is 0.0553. The van der Waals surface area contributed by atoms with E-state index in [1.807, 2.05) is 13.8 Å². The van der Waals surface area contributed by atoms with Gasteiger partial charge in [-0.15, -0.1) is 0 Å². The Labute approximate surface area is 98.2 Å². The van der Waals surface area contributed by atoms with Gasteiger partial charge in [0.15, 0.2) is 0 Å². The molecule has 2 atom stereocenters. The Morgan fingerprint density at radius 2 is 1.75 bits per heavy atom. The van der Waals surface area contributed by atoms with Crippen LogP contribution in [0, 0.1) is 23.7 Å². The number of carbonyl (C=O) groups excluding carboxylic acids is 1. The van der Waals surface area contributed by atoms with Crippen molar-refractivity contribution in [2.24, 2.45) is 29.4 Å². The summed E-state index contributed by atoms with van der Waals surface area (Å²) in [6, 6.07) is -0.0553. The van der Waals surface area contributed by atoms with Gasteiger partial charge < -0.3 is 11.1 Å². The molecule has 0 saturated heterocycles. The normalized spacial score (nSPS) is 24.2. The third kappa shape index (κ3) is 2.97. The fourth-order valence-electron chi connectivity index (χ4n) is 2.39. The van der Waals surface area contributed by atoms with Gasteiger partial charge in [-0.2, -0.15) is 0 Å². The SMILES string of the molecule is CC(N)C(C)C(=O)NCC(C1CC1)C1CC1. The van der Waals surface area contributed by atoms with Crippen molar-refractivity contribution >= 4 is 5.91 Å². The molecular weight excluding hydrogens is 200 g/mol. The molecule has 0 bridgehead atoms. The Morgan fingerprint density at radius 3 is 2.12 bits per heavy atom. The lowest BCUT2D eigenvalue weighted by Crippen LogP contribution is -2.41. The summed E-state index contributed by atoms with van der Waals surface area (Å²) in [7, 11) is 0. The number of amides is 1. The first-order valence-electron chi connectivity index (χ1n) is 6.63. The molecule has 3 heteroatoms. The van der Waals surface area contributed by atoms with Crippen LogP contribution < -0.4 is 11.1 Å². The Hall–Kier alpha value is -0.570. The smallest absolute Gasteiger partial charge is 0.224 e. The molecule has 0 aliphatic heterocycles. The van der Waals surface area contributed by atoms with Gasteiger partial charge in [-0.05, 0) is 50.4 Å². The zero-order valence-corrected chi connectivity index (χ0v) is 10.4. The van der Waals surface area contributed by atoms with Gasteiger partial charge >= 0.3 is 0 Å². The van der Waals surface area contributed by atoms with Crippen molar-refractivity contribution < 1.29 is 4.79 Å². The van der Waals surface area contributed by atoms with E-state index in [4.69, 9.17) is 5.73 Å². The van der Waals surface area contributed by atoms with Crippen LogP contribution in [0.1, 0.15) is 39.5 Å². The van der Waals surface area contributed by atoms with Gasteiger partial charge in [0, 0.05) is 18.5 Å². The molecule has 2 rings (SSSR count). The van der Waals surface area contributed by atoms with Crippen molar-refractivity contribution in [1.29, 1.82) is 0 Å². The number of rotatable bonds is 6. The second kappa shape index (κ2) is 4.74. The highest BCUT2D eigenvalue weighted by molar-refractivity contribution is 5.78. The topological polar surface area (TPSA) is 55.1 Å². The van der Waals surface area contributed by atoms with Gasteiger partial charge in [-0.1, -0.05) is 6.92 Å². The van der Waals surface area contributed by atoms with E-state index in [0.717, 1.165) is 24.3 Å². The van der Waals surface area contributed by atoms with E-state index in [1.165, 1.54) is 25.7 Å². The molecule has 0 aromatic carbocycles. The first-order chi connectivity index (χ1) is 7.59. The highest BCUT2D eigenvalue weighted by Gasteiger charge is 2.41. The maximum atomic E-state index is 11.8. The van der Waals surface area contributed by atoms with E-state index in [9.17, 15) is 4.79 Å². The molecule has 92 valence electrons. The number of nitrogens with two attached hydrogens (primary N) is 1. The molecule has 2 aliphatic carbocycles. The second-order valence-electron chi connectivity index (χ2n) is 5.73. The lowest BCUT2D eigenvalue weighted by Gasteiger charge is -2.20. The van der Waals surface area contributed by atoms with Crippen molar-refractivity contribution in [1.82, 2.24) is 5.32 Å². The molecule has 0 aromatic rings. The number of carbonyl (C=O) groups is 1. The third-order valence-electron chi connectivity index (χ3n) is 4.17. The standard InChI is InChI=1S/C13H24N2O/c1-8(9(2)14)13(16)15-7-12(10-3-4-10)11-5-6-11/h8-12H,3-7,14H2,1-2H3,(H,15,16). The van der Waals surface area contributed by atoms with Gasteiger partial charge in [0.25, 0.3) is 0 Å². The molecule has 2 unspecified atom stereocenters. The fraction of sp³-hybridized carbons (Fsp3) is 0.923. The van der Waals surface area contributed by atoms with Crippen LogP contribution in [0.2, 0.25) is 0 Å². The average molecular weight is 224 g/mol. The van der Waals surface area contributed by atoms with Crippen LogP contribution in [-0.2, 0) is 4.79 Å². The van der Waals surface area contributed by atoms with Crippen molar-refractivity contribution in [3.63, 3.8) is 0 Å². The van der Waals surface area contributed by atoms with E-state index in [2.05, 4.69) is 5.32 Å². The molecule has 2 aliphatic rings. The van der Waals surface area contributed by atoms with Crippen molar-refractivity contribution in [2.75, 3.05) is 6.54 Å². The van der Waals surface area contributed by atoms with Crippen LogP contribution in [-0.4, -0.2) is 18.5 Å². The second-order valence-corrected chi connectivity index (χ2v) is 5.73. The number of nitrogens with one attached hydrogen (secondary N) is 1.